The van der Waals surface area contributed by atoms with Crippen LogP contribution in [0.2, 0.25) is 0 Å². The summed E-state index contributed by atoms with van der Waals surface area (Å²) >= 11 is 0. The van der Waals surface area contributed by atoms with Gasteiger partial charge in [0.05, 0.1) is 31.6 Å². The van der Waals surface area contributed by atoms with Crippen molar-refractivity contribution in [2.45, 2.75) is 26.0 Å². The molecule has 1 rings (SSSR count). The second-order valence-corrected chi connectivity index (χ2v) is 4.51. The van der Waals surface area contributed by atoms with E-state index in [1.807, 2.05) is 13.8 Å². The maximum Gasteiger partial charge on any atom is 0.339 e. The Balaban J connectivity index is 2.49. The van der Waals surface area contributed by atoms with Gasteiger partial charge in [0.25, 0.3) is 0 Å². The van der Waals surface area contributed by atoms with E-state index in [1.165, 1.54) is 13.3 Å². The number of ether oxygens (including phenoxy) is 2. The van der Waals surface area contributed by atoms with Crippen LogP contribution in [0.5, 0.6) is 0 Å². The monoisotopic (exact) mass is 238 g/mol. The Labute approximate surface area is 101 Å². The van der Waals surface area contributed by atoms with E-state index in [0.29, 0.717) is 18.8 Å². The minimum Gasteiger partial charge on any atom is -0.465 e. The van der Waals surface area contributed by atoms with Gasteiger partial charge in [0.15, 0.2) is 0 Å². The minimum absolute atomic E-state index is 0.355. The maximum atomic E-state index is 11.2. The van der Waals surface area contributed by atoms with Gasteiger partial charge in [0, 0.05) is 11.7 Å². The van der Waals surface area contributed by atoms with E-state index in [4.69, 9.17) is 10.5 Å². The third-order valence-corrected chi connectivity index (χ3v) is 1.97. The van der Waals surface area contributed by atoms with Gasteiger partial charge in [-0.05, 0) is 26.0 Å². The number of methoxy groups -OCH3 is 1. The molecule has 1 heterocycles. The van der Waals surface area contributed by atoms with Crippen molar-refractivity contribution in [3.05, 3.63) is 29.6 Å². The first-order valence-electron chi connectivity index (χ1n) is 5.32. The summed E-state index contributed by atoms with van der Waals surface area (Å²) in [4.78, 5) is 15.3. The van der Waals surface area contributed by atoms with Gasteiger partial charge in [0.2, 0.25) is 0 Å². The lowest BCUT2D eigenvalue weighted by Crippen LogP contribution is -2.37. The second kappa shape index (κ2) is 5.75. The third kappa shape index (κ3) is 4.93. The van der Waals surface area contributed by atoms with Gasteiger partial charge in [-0.3, -0.25) is 4.98 Å². The van der Waals surface area contributed by atoms with Gasteiger partial charge in [-0.1, -0.05) is 0 Å². The largest absolute Gasteiger partial charge is 0.465 e. The van der Waals surface area contributed by atoms with Crippen molar-refractivity contribution in [1.82, 2.24) is 4.98 Å². The molecule has 0 aliphatic carbocycles. The molecule has 2 N–H and O–H groups in total. The Hall–Kier alpha value is -1.46. The first-order chi connectivity index (χ1) is 7.92. The Bertz CT molecular complexity index is 368. The molecule has 0 saturated heterocycles. The average molecular weight is 238 g/mol. The Kier molecular flexibility index (Phi) is 4.60. The molecule has 5 nitrogen and oxygen atoms in total. The number of nitrogens with two attached hydrogens (primary N) is 1. The van der Waals surface area contributed by atoms with Gasteiger partial charge < -0.3 is 15.2 Å². The first kappa shape index (κ1) is 13.6. The molecule has 0 aromatic carbocycles. The molecule has 0 amide bonds. The standard InChI is InChI=1S/C12H18N2O3/c1-12(2,13)8-17-7-10-5-4-9(6-14-10)11(15)16-3/h4-6H,7-8,13H2,1-3H3. The molecule has 0 aliphatic rings. The lowest BCUT2D eigenvalue weighted by molar-refractivity contribution is 0.0599. The average Bonchev–Trinajstić information content (AvgIpc) is 2.27. The zero-order valence-electron chi connectivity index (χ0n) is 10.4. The number of esters is 1. The second-order valence-electron chi connectivity index (χ2n) is 4.51. The van der Waals surface area contributed by atoms with E-state index in [2.05, 4.69) is 9.72 Å². The van der Waals surface area contributed by atoms with Crippen LogP contribution in [0.3, 0.4) is 0 Å². The Morgan fingerprint density at radius 3 is 2.65 bits per heavy atom. The highest BCUT2D eigenvalue weighted by Crippen LogP contribution is 2.05. The highest BCUT2D eigenvalue weighted by molar-refractivity contribution is 5.88. The molecule has 94 valence electrons. The summed E-state index contributed by atoms with van der Waals surface area (Å²) in [5, 5.41) is 0. The minimum atomic E-state index is -0.395. The number of rotatable bonds is 5. The number of carbonyl (C=O) groups excluding carboxylic acids is 1. The van der Waals surface area contributed by atoms with Crippen molar-refractivity contribution >= 4 is 5.97 Å². The summed E-state index contributed by atoms with van der Waals surface area (Å²) in [5.74, 6) is -0.395. The van der Waals surface area contributed by atoms with Crippen molar-refractivity contribution in [1.29, 1.82) is 0 Å². The van der Waals surface area contributed by atoms with Crippen molar-refractivity contribution in [3.63, 3.8) is 0 Å². The molecule has 0 saturated carbocycles. The topological polar surface area (TPSA) is 74.4 Å². The fraction of sp³-hybridized carbons (Fsp3) is 0.500. The van der Waals surface area contributed by atoms with E-state index >= 15 is 0 Å². The zero-order chi connectivity index (χ0) is 12.9. The van der Waals surface area contributed by atoms with Crippen molar-refractivity contribution < 1.29 is 14.3 Å². The van der Waals surface area contributed by atoms with Gasteiger partial charge in [-0.15, -0.1) is 0 Å². The highest BCUT2D eigenvalue weighted by Gasteiger charge is 2.11. The SMILES string of the molecule is COC(=O)c1ccc(COCC(C)(C)N)nc1. The van der Waals surface area contributed by atoms with Crippen LogP contribution in [-0.4, -0.2) is 30.2 Å². The van der Waals surface area contributed by atoms with Crippen LogP contribution in [0.1, 0.15) is 29.9 Å². The summed E-state index contributed by atoms with van der Waals surface area (Å²) < 4.78 is 9.98. The number of pyridine rings is 1. The molecular formula is C12H18N2O3. The number of aromatic nitrogens is 1. The molecule has 0 radical (unpaired) electrons. The summed E-state index contributed by atoms with van der Waals surface area (Å²) in [6, 6.07) is 3.39. The van der Waals surface area contributed by atoms with Gasteiger partial charge in [-0.25, -0.2) is 4.79 Å². The molecule has 0 atom stereocenters. The van der Waals surface area contributed by atoms with Crippen LogP contribution in [-0.2, 0) is 16.1 Å². The number of hydrogen-bond donors (Lipinski definition) is 1. The Morgan fingerprint density at radius 2 is 2.18 bits per heavy atom. The Morgan fingerprint density at radius 1 is 1.47 bits per heavy atom. The predicted octanol–water partition coefficient (Wildman–Crippen LogP) is 1.12. The molecule has 0 bridgehead atoms. The third-order valence-electron chi connectivity index (χ3n) is 1.97. The maximum absolute atomic E-state index is 11.2. The van der Waals surface area contributed by atoms with Crippen LogP contribution in [0.15, 0.2) is 18.3 Å². The van der Waals surface area contributed by atoms with Crippen LogP contribution in [0.4, 0.5) is 0 Å². The van der Waals surface area contributed by atoms with E-state index in [9.17, 15) is 4.79 Å². The van der Waals surface area contributed by atoms with Crippen molar-refractivity contribution in [2.24, 2.45) is 5.73 Å². The summed E-state index contributed by atoms with van der Waals surface area (Å²) in [6.45, 7) is 4.61. The molecule has 0 unspecified atom stereocenters. The fourth-order valence-electron chi connectivity index (χ4n) is 1.17. The van der Waals surface area contributed by atoms with Crippen molar-refractivity contribution in [3.8, 4) is 0 Å². The fourth-order valence-corrected chi connectivity index (χ4v) is 1.17. The zero-order valence-corrected chi connectivity index (χ0v) is 10.4. The van der Waals surface area contributed by atoms with Gasteiger partial charge in [0.1, 0.15) is 0 Å². The molecule has 1 aromatic heterocycles. The molecule has 1 aromatic rings. The summed E-state index contributed by atoms with van der Waals surface area (Å²) in [7, 11) is 1.34. The molecule has 17 heavy (non-hydrogen) atoms. The normalized spacial score (nSPS) is 11.3. The molecular weight excluding hydrogens is 220 g/mol. The summed E-state index contributed by atoms with van der Waals surface area (Å²) in [5.41, 5.74) is 6.60. The predicted molar refractivity (Wildman–Crippen MR) is 63.5 cm³/mol. The molecule has 0 fully saturated rings. The summed E-state index contributed by atoms with van der Waals surface area (Å²) in [6.07, 6.45) is 1.47. The van der Waals surface area contributed by atoms with Crippen molar-refractivity contribution in [2.75, 3.05) is 13.7 Å². The van der Waals surface area contributed by atoms with E-state index < -0.39 is 5.97 Å². The van der Waals surface area contributed by atoms with Gasteiger partial charge in [-0.2, -0.15) is 0 Å². The van der Waals surface area contributed by atoms with E-state index in [-0.39, 0.29) is 5.54 Å². The van der Waals surface area contributed by atoms with E-state index in [0.717, 1.165) is 5.69 Å². The van der Waals surface area contributed by atoms with Crippen LogP contribution in [0.25, 0.3) is 0 Å². The first-order valence-corrected chi connectivity index (χ1v) is 5.32. The van der Waals surface area contributed by atoms with Gasteiger partial charge >= 0.3 is 5.97 Å². The number of carbonyl (C=O) groups is 1. The highest BCUT2D eigenvalue weighted by atomic mass is 16.5. The molecule has 0 aliphatic heterocycles. The quantitative estimate of drug-likeness (QED) is 0.778. The number of hydrogen-bond acceptors (Lipinski definition) is 5. The molecule has 5 heteroatoms. The van der Waals surface area contributed by atoms with E-state index in [1.54, 1.807) is 12.1 Å². The van der Waals surface area contributed by atoms with Crippen LogP contribution in [0, 0.1) is 0 Å². The lowest BCUT2D eigenvalue weighted by atomic mass is 10.1. The lowest BCUT2D eigenvalue weighted by Gasteiger charge is -2.17. The smallest absolute Gasteiger partial charge is 0.339 e. The van der Waals surface area contributed by atoms with Crippen LogP contribution < -0.4 is 5.73 Å². The molecule has 0 spiro atoms. The number of nitrogens with zero attached hydrogens (tertiary/aromatic N) is 1. The van der Waals surface area contributed by atoms with Crippen LogP contribution >= 0.6 is 0 Å².